The van der Waals surface area contributed by atoms with E-state index in [0.29, 0.717) is 23.6 Å². The lowest BCUT2D eigenvalue weighted by Crippen LogP contribution is -2.23. The van der Waals surface area contributed by atoms with Crippen LogP contribution in [0.1, 0.15) is 29.8 Å². The summed E-state index contributed by atoms with van der Waals surface area (Å²) in [5.41, 5.74) is 3.44. The molecule has 8 heteroatoms. The van der Waals surface area contributed by atoms with E-state index in [4.69, 9.17) is 4.74 Å². The van der Waals surface area contributed by atoms with E-state index >= 15 is 0 Å². The number of nitrogens with one attached hydrogen (secondary N) is 1. The number of sulfone groups is 1. The second kappa shape index (κ2) is 9.49. The molecule has 1 N–H and O–H groups in total. The minimum absolute atomic E-state index is 0.0618. The van der Waals surface area contributed by atoms with E-state index in [2.05, 4.69) is 10.2 Å². The summed E-state index contributed by atoms with van der Waals surface area (Å²) < 4.78 is 29.5. The van der Waals surface area contributed by atoms with Gasteiger partial charge in [-0.15, -0.1) is 0 Å². The van der Waals surface area contributed by atoms with Gasteiger partial charge in [-0.2, -0.15) is 0 Å². The topological polar surface area (TPSA) is 75.7 Å². The molecule has 0 spiro atoms. The van der Waals surface area contributed by atoms with E-state index < -0.39 is 9.84 Å². The molecule has 0 aliphatic carbocycles. The molecule has 1 aliphatic rings. The van der Waals surface area contributed by atoms with Crippen molar-refractivity contribution in [1.29, 1.82) is 0 Å². The fourth-order valence-corrected chi connectivity index (χ4v) is 5.67. The Balaban J connectivity index is 1.47. The molecule has 0 bridgehead atoms. The van der Waals surface area contributed by atoms with Gasteiger partial charge in [-0.3, -0.25) is 4.79 Å². The number of rotatable bonds is 7. The summed E-state index contributed by atoms with van der Waals surface area (Å²) in [5, 5.41) is 2.92. The third kappa shape index (κ3) is 4.86. The zero-order valence-electron chi connectivity index (χ0n) is 18.8. The summed E-state index contributed by atoms with van der Waals surface area (Å²) in [5.74, 6) is 0.725. The molecule has 6 nitrogen and oxygen atoms in total. The zero-order chi connectivity index (χ0) is 23.6. The summed E-state index contributed by atoms with van der Waals surface area (Å²) in [4.78, 5) is 17.4. The largest absolute Gasteiger partial charge is 0.494 e. The number of carbonyl (C=O) groups excluding carboxylic acids is 1. The third-order valence-electron chi connectivity index (χ3n) is 5.52. The van der Waals surface area contributed by atoms with Crippen molar-refractivity contribution >= 4 is 38.9 Å². The summed E-state index contributed by atoms with van der Waals surface area (Å²) in [6, 6.07) is 18.3. The Morgan fingerprint density at radius 1 is 0.970 bits per heavy atom. The Bertz CT molecular complexity index is 1290. The van der Waals surface area contributed by atoms with Gasteiger partial charge in [-0.05, 0) is 61.0 Å². The molecule has 0 saturated carbocycles. The molecule has 0 aromatic heterocycles. The maximum Gasteiger partial charge on any atom is 0.251 e. The Labute approximate surface area is 198 Å². The second-order valence-corrected chi connectivity index (χ2v) is 11.0. The van der Waals surface area contributed by atoms with Crippen molar-refractivity contribution in [2.45, 2.75) is 35.1 Å². The third-order valence-corrected chi connectivity index (χ3v) is 8.38. The van der Waals surface area contributed by atoms with Crippen molar-refractivity contribution in [2.75, 3.05) is 24.3 Å². The predicted octanol–water partition coefficient (Wildman–Crippen LogP) is 5.04. The van der Waals surface area contributed by atoms with Gasteiger partial charge in [0, 0.05) is 28.9 Å². The molecular formula is C25H26N2O4S2. The van der Waals surface area contributed by atoms with Crippen LogP contribution in [-0.2, 0) is 16.4 Å². The van der Waals surface area contributed by atoms with Crippen molar-refractivity contribution in [1.82, 2.24) is 5.32 Å². The number of hydrogen-bond acceptors (Lipinski definition) is 6. The van der Waals surface area contributed by atoms with Gasteiger partial charge in [-0.25, -0.2) is 8.42 Å². The average Bonchev–Trinajstić information content (AvgIpc) is 2.83. The van der Waals surface area contributed by atoms with Crippen LogP contribution in [0.4, 0.5) is 11.4 Å². The number of benzene rings is 3. The summed E-state index contributed by atoms with van der Waals surface area (Å²) in [6.07, 6.45) is 0. The molecule has 0 radical (unpaired) electrons. The molecule has 1 aliphatic heterocycles. The molecule has 1 heterocycles. The molecule has 33 heavy (non-hydrogen) atoms. The van der Waals surface area contributed by atoms with Crippen LogP contribution in [0, 0.1) is 0 Å². The maximum atomic E-state index is 12.8. The zero-order valence-corrected chi connectivity index (χ0v) is 20.4. The Morgan fingerprint density at radius 2 is 1.73 bits per heavy atom. The number of hydrogen-bond donors (Lipinski definition) is 1. The molecule has 172 valence electrons. The minimum atomic E-state index is -3.23. The Hall–Kier alpha value is -2.97. The lowest BCUT2D eigenvalue weighted by Gasteiger charge is -2.30. The van der Waals surface area contributed by atoms with Crippen LogP contribution in [-0.4, -0.2) is 33.7 Å². The highest BCUT2D eigenvalue weighted by atomic mass is 32.2. The van der Waals surface area contributed by atoms with Gasteiger partial charge in [0.1, 0.15) is 5.75 Å². The second-order valence-electron chi connectivity index (χ2n) is 7.64. The number of amides is 1. The van der Waals surface area contributed by atoms with Crippen molar-refractivity contribution < 1.29 is 17.9 Å². The molecule has 1 amide bonds. The molecule has 0 fully saturated rings. The van der Waals surface area contributed by atoms with Crippen LogP contribution in [0.2, 0.25) is 0 Å². The van der Waals surface area contributed by atoms with Crippen molar-refractivity contribution in [2.24, 2.45) is 0 Å². The van der Waals surface area contributed by atoms with Gasteiger partial charge < -0.3 is 15.0 Å². The minimum Gasteiger partial charge on any atom is -0.494 e. The van der Waals surface area contributed by atoms with Crippen LogP contribution in [0.5, 0.6) is 5.75 Å². The highest BCUT2D eigenvalue weighted by Crippen LogP contribution is 2.48. The van der Waals surface area contributed by atoms with E-state index in [1.807, 2.05) is 50.4 Å². The van der Waals surface area contributed by atoms with Gasteiger partial charge >= 0.3 is 0 Å². The molecule has 0 saturated heterocycles. The van der Waals surface area contributed by atoms with Gasteiger partial charge in [0.15, 0.2) is 9.84 Å². The van der Waals surface area contributed by atoms with Crippen molar-refractivity contribution in [3.63, 3.8) is 0 Å². The quantitative estimate of drug-likeness (QED) is 0.508. The smallest absolute Gasteiger partial charge is 0.251 e. The monoisotopic (exact) mass is 482 g/mol. The number of nitrogens with zero attached hydrogens (tertiary/aromatic N) is 1. The van der Waals surface area contributed by atoms with Crippen molar-refractivity contribution in [3.05, 3.63) is 71.8 Å². The normalized spacial score (nSPS) is 12.6. The highest BCUT2D eigenvalue weighted by molar-refractivity contribution is 7.99. The van der Waals surface area contributed by atoms with Crippen LogP contribution < -0.4 is 15.0 Å². The van der Waals surface area contributed by atoms with Gasteiger partial charge in [0.2, 0.25) is 0 Å². The summed E-state index contributed by atoms with van der Waals surface area (Å²) >= 11 is 1.66. The van der Waals surface area contributed by atoms with Crippen LogP contribution >= 0.6 is 11.8 Å². The van der Waals surface area contributed by atoms with E-state index in [1.165, 1.54) is 0 Å². The van der Waals surface area contributed by atoms with E-state index in [9.17, 15) is 13.2 Å². The van der Waals surface area contributed by atoms with Crippen molar-refractivity contribution in [3.8, 4) is 5.75 Å². The number of carbonyl (C=O) groups is 1. The first-order valence-electron chi connectivity index (χ1n) is 10.7. The van der Waals surface area contributed by atoms with Crippen LogP contribution in [0.25, 0.3) is 0 Å². The SMILES string of the molecule is CCOc1ccc2c(c1)Sc1ccc(C(=O)NCc3ccc(S(=O)(=O)CC)cc3)cc1N2C. The highest BCUT2D eigenvalue weighted by Gasteiger charge is 2.22. The lowest BCUT2D eigenvalue weighted by atomic mass is 10.1. The average molecular weight is 483 g/mol. The molecule has 3 aromatic carbocycles. The van der Waals surface area contributed by atoms with Crippen LogP contribution in [0.15, 0.2) is 75.4 Å². The van der Waals surface area contributed by atoms with Gasteiger partial charge in [-0.1, -0.05) is 30.8 Å². The Kier molecular flexibility index (Phi) is 6.67. The summed E-state index contributed by atoms with van der Waals surface area (Å²) in [7, 11) is -1.24. The molecule has 0 unspecified atom stereocenters. The van der Waals surface area contributed by atoms with Gasteiger partial charge in [0.05, 0.1) is 28.6 Å². The molecule has 4 rings (SSSR count). The number of fused-ring (bicyclic) bond motifs is 2. The van der Waals surface area contributed by atoms with E-state index in [-0.39, 0.29) is 11.7 Å². The maximum absolute atomic E-state index is 12.8. The first-order chi connectivity index (χ1) is 15.8. The predicted molar refractivity (Wildman–Crippen MR) is 132 cm³/mol. The van der Waals surface area contributed by atoms with Gasteiger partial charge in [0.25, 0.3) is 5.91 Å². The fourth-order valence-electron chi connectivity index (χ4n) is 3.63. The molecule has 3 aromatic rings. The number of anilines is 2. The molecular weight excluding hydrogens is 456 g/mol. The van der Waals surface area contributed by atoms with Crippen LogP contribution in [0.3, 0.4) is 0 Å². The van der Waals surface area contributed by atoms with E-state index in [1.54, 1.807) is 43.0 Å². The standard InChI is InChI=1S/C25H26N2O4S2/c1-4-31-19-9-12-21-24(15-19)32-23-13-8-18(14-22(23)27(21)3)25(28)26-16-17-6-10-20(11-7-17)33(29,30)5-2/h6-15H,4-5,16H2,1-3H3,(H,26,28). The summed E-state index contributed by atoms with van der Waals surface area (Å²) in [6.45, 7) is 4.52. The first-order valence-corrected chi connectivity index (χ1v) is 13.2. The molecule has 0 atom stereocenters. The number of ether oxygens (including phenoxy) is 1. The first kappa shape index (κ1) is 23.2. The lowest BCUT2D eigenvalue weighted by molar-refractivity contribution is 0.0951. The fraction of sp³-hybridized carbons (Fsp3) is 0.240. The Morgan fingerprint density at radius 3 is 2.42 bits per heavy atom. The van der Waals surface area contributed by atoms with E-state index in [0.717, 1.165) is 32.5 Å².